The molecule has 1 saturated heterocycles. The Morgan fingerprint density at radius 1 is 1.25 bits per heavy atom. The van der Waals surface area contributed by atoms with E-state index in [2.05, 4.69) is 4.98 Å². The first kappa shape index (κ1) is 18.5. The number of carbonyl (C=O) groups excluding carboxylic acids is 2. The molecule has 1 aliphatic heterocycles. The number of hydrogen-bond donors (Lipinski definition) is 0. The van der Waals surface area contributed by atoms with Crippen LogP contribution in [0.1, 0.15) is 43.0 Å². The molecular weight excluding hydrogens is 330 g/mol. The maximum atomic E-state index is 12.6. The van der Waals surface area contributed by atoms with Crippen molar-refractivity contribution in [2.24, 2.45) is 0 Å². The third-order valence-corrected chi connectivity index (χ3v) is 4.63. The van der Waals surface area contributed by atoms with Crippen LogP contribution in [0, 0.1) is 0 Å². The van der Waals surface area contributed by atoms with E-state index in [0.29, 0.717) is 18.2 Å². The van der Waals surface area contributed by atoms with Crippen LogP contribution >= 0.6 is 11.8 Å². The average molecular weight is 353 g/mol. The molecule has 1 aliphatic rings. The number of ether oxygens (including phenoxy) is 1. The molecule has 1 fully saturated rings. The van der Waals surface area contributed by atoms with Crippen LogP contribution in [0.3, 0.4) is 0 Å². The summed E-state index contributed by atoms with van der Waals surface area (Å²) in [5, 5.41) is 0.413. The molecule has 0 unspecified atom stereocenters. The number of thioether (sulfide) groups is 1. The molecule has 0 radical (unpaired) electrons. The normalized spacial score (nSPS) is 15.0. The topological polar surface area (TPSA) is 81.5 Å². The highest BCUT2D eigenvalue weighted by molar-refractivity contribution is 7.98. The van der Waals surface area contributed by atoms with Crippen molar-refractivity contribution in [3.63, 3.8) is 0 Å². The summed E-state index contributed by atoms with van der Waals surface area (Å²) in [7, 11) is 0. The van der Waals surface area contributed by atoms with Gasteiger partial charge in [-0.15, -0.1) is 0 Å². The molecule has 1 aromatic rings. The first-order valence-corrected chi connectivity index (χ1v) is 9.39. The second-order valence-electron chi connectivity index (χ2n) is 5.57. The molecule has 132 valence electrons. The fraction of sp³-hybridized carbons (Fsp3) is 0.625. The maximum absolute atomic E-state index is 12.6. The Kier molecular flexibility index (Phi) is 6.84. The Morgan fingerprint density at radius 2 is 1.92 bits per heavy atom. The van der Waals surface area contributed by atoms with Crippen LogP contribution < -0.4 is 5.56 Å². The van der Waals surface area contributed by atoms with Gasteiger partial charge in [0.2, 0.25) is 5.91 Å². The van der Waals surface area contributed by atoms with Gasteiger partial charge in [0, 0.05) is 13.1 Å². The van der Waals surface area contributed by atoms with Gasteiger partial charge in [-0.1, -0.05) is 24.6 Å². The van der Waals surface area contributed by atoms with Crippen LogP contribution in [0.4, 0.5) is 0 Å². The first-order chi connectivity index (χ1) is 11.6. The van der Waals surface area contributed by atoms with Crippen molar-refractivity contribution in [3.8, 4) is 0 Å². The Balaban J connectivity index is 2.26. The lowest BCUT2D eigenvalue weighted by Crippen LogP contribution is -2.39. The minimum Gasteiger partial charge on any atom is -0.462 e. The second kappa shape index (κ2) is 8.86. The molecule has 0 aliphatic carbocycles. The summed E-state index contributed by atoms with van der Waals surface area (Å²) >= 11 is 1.27. The predicted octanol–water partition coefficient (Wildman–Crippen LogP) is 1.54. The van der Waals surface area contributed by atoms with Crippen molar-refractivity contribution in [1.29, 1.82) is 0 Å². The van der Waals surface area contributed by atoms with Gasteiger partial charge in [0.25, 0.3) is 5.56 Å². The van der Waals surface area contributed by atoms with Crippen molar-refractivity contribution >= 4 is 23.6 Å². The highest BCUT2D eigenvalue weighted by Gasteiger charge is 2.21. The number of hydrogen-bond acceptors (Lipinski definition) is 6. The number of aromatic nitrogens is 2. The van der Waals surface area contributed by atoms with Crippen molar-refractivity contribution in [2.75, 3.05) is 26.0 Å². The monoisotopic (exact) mass is 353 g/mol. The lowest BCUT2D eigenvalue weighted by atomic mass is 10.2. The molecule has 2 heterocycles. The van der Waals surface area contributed by atoms with Crippen LogP contribution in [0.5, 0.6) is 0 Å². The minimum atomic E-state index is -0.710. The van der Waals surface area contributed by atoms with Gasteiger partial charge in [-0.3, -0.25) is 14.2 Å². The molecule has 7 nitrogen and oxygen atoms in total. The molecule has 0 spiro atoms. The molecule has 2 rings (SSSR count). The van der Waals surface area contributed by atoms with E-state index in [1.54, 1.807) is 18.1 Å². The van der Waals surface area contributed by atoms with Crippen molar-refractivity contribution in [3.05, 3.63) is 22.1 Å². The summed E-state index contributed by atoms with van der Waals surface area (Å²) in [6.45, 7) is 3.17. The average Bonchev–Trinajstić information content (AvgIpc) is 2.86. The second-order valence-corrected chi connectivity index (χ2v) is 6.34. The first-order valence-electron chi connectivity index (χ1n) is 8.17. The number of amides is 1. The molecular formula is C16H23N3O4S. The predicted molar refractivity (Wildman–Crippen MR) is 91.3 cm³/mol. The van der Waals surface area contributed by atoms with Gasteiger partial charge >= 0.3 is 5.97 Å². The standard InChI is InChI=1S/C16H23N3O4S/c1-3-23-15(22)12-10-17-16(24-2)19(14(12)21)11-13(20)18-8-6-4-5-7-9-18/h10H,3-9,11H2,1-2H3. The van der Waals surface area contributed by atoms with Gasteiger partial charge in [-0.05, 0) is 26.0 Å². The highest BCUT2D eigenvalue weighted by atomic mass is 32.2. The molecule has 0 atom stereocenters. The van der Waals surface area contributed by atoms with E-state index < -0.39 is 11.5 Å². The van der Waals surface area contributed by atoms with E-state index in [1.807, 2.05) is 0 Å². The molecule has 1 aromatic heterocycles. The fourth-order valence-corrected chi connectivity index (χ4v) is 3.21. The Morgan fingerprint density at radius 3 is 2.50 bits per heavy atom. The zero-order chi connectivity index (χ0) is 17.5. The van der Waals surface area contributed by atoms with Gasteiger partial charge in [0.1, 0.15) is 12.1 Å². The SMILES string of the molecule is CCOC(=O)c1cnc(SC)n(CC(=O)N2CCCCCC2)c1=O. The van der Waals surface area contributed by atoms with Crippen molar-refractivity contribution < 1.29 is 14.3 Å². The minimum absolute atomic E-state index is 0.102. The zero-order valence-corrected chi connectivity index (χ0v) is 14.9. The van der Waals surface area contributed by atoms with Crippen LogP contribution in [-0.2, 0) is 16.1 Å². The third-order valence-electron chi connectivity index (χ3n) is 3.94. The highest BCUT2D eigenvalue weighted by Crippen LogP contribution is 2.13. The third kappa shape index (κ3) is 4.37. The van der Waals surface area contributed by atoms with E-state index in [1.165, 1.54) is 22.5 Å². The van der Waals surface area contributed by atoms with Gasteiger partial charge in [-0.2, -0.15) is 0 Å². The van der Waals surface area contributed by atoms with Gasteiger partial charge in [0.15, 0.2) is 5.16 Å². The molecule has 1 amide bonds. The van der Waals surface area contributed by atoms with Crippen LogP contribution in [0.25, 0.3) is 0 Å². The fourth-order valence-electron chi connectivity index (χ4n) is 2.68. The van der Waals surface area contributed by atoms with Gasteiger partial charge < -0.3 is 9.64 Å². The number of likely N-dealkylation sites (tertiary alicyclic amines) is 1. The van der Waals surface area contributed by atoms with Crippen LogP contribution in [-0.4, -0.2) is 52.3 Å². The number of nitrogens with zero attached hydrogens (tertiary/aromatic N) is 3. The maximum Gasteiger partial charge on any atom is 0.345 e. The molecule has 8 heteroatoms. The lowest BCUT2D eigenvalue weighted by molar-refractivity contribution is -0.132. The molecule has 0 aromatic carbocycles. The van der Waals surface area contributed by atoms with E-state index in [4.69, 9.17) is 4.74 Å². The summed E-state index contributed by atoms with van der Waals surface area (Å²) < 4.78 is 6.15. The summed E-state index contributed by atoms with van der Waals surface area (Å²) in [6.07, 6.45) is 7.21. The van der Waals surface area contributed by atoms with E-state index in [0.717, 1.165) is 25.7 Å². The summed E-state index contributed by atoms with van der Waals surface area (Å²) in [6, 6.07) is 0. The molecule has 0 saturated carbocycles. The molecule has 0 N–H and O–H groups in total. The Hall–Kier alpha value is -1.83. The van der Waals surface area contributed by atoms with Crippen molar-refractivity contribution in [1.82, 2.24) is 14.5 Å². The number of rotatable bonds is 5. The quantitative estimate of drug-likeness (QED) is 0.454. The lowest BCUT2D eigenvalue weighted by Gasteiger charge is -2.21. The largest absolute Gasteiger partial charge is 0.462 e. The Labute approximate surface area is 145 Å². The zero-order valence-electron chi connectivity index (χ0n) is 14.1. The number of esters is 1. The summed E-state index contributed by atoms with van der Waals surface area (Å²) in [5.74, 6) is -0.823. The van der Waals surface area contributed by atoms with E-state index in [-0.39, 0.29) is 24.6 Å². The van der Waals surface area contributed by atoms with E-state index >= 15 is 0 Å². The van der Waals surface area contributed by atoms with Gasteiger partial charge in [-0.25, -0.2) is 9.78 Å². The van der Waals surface area contributed by atoms with Crippen molar-refractivity contribution in [2.45, 2.75) is 44.3 Å². The summed E-state index contributed by atoms with van der Waals surface area (Å²) in [5.41, 5.74) is -0.672. The molecule has 0 bridgehead atoms. The van der Waals surface area contributed by atoms with Crippen LogP contribution in [0.2, 0.25) is 0 Å². The van der Waals surface area contributed by atoms with E-state index in [9.17, 15) is 14.4 Å². The number of carbonyl (C=O) groups is 2. The molecule has 24 heavy (non-hydrogen) atoms. The van der Waals surface area contributed by atoms with Crippen LogP contribution in [0.15, 0.2) is 16.1 Å². The summed E-state index contributed by atoms with van der Waals surface area (Å²) in [4.78, 5) is 42.9. The van der Waals surface area contributed by atoms with Gasteiger partial charge in [0.05, 0.1) is 12.8 Å². The Bertz CT molecular complexity index is 651. The smallest absolute Gasteiger partial charge is 0.345 e.